The second kappa shape index (κ2) is 6.12. The number of benzene rings is 1. The molecule has 1 atom stereocenters. The maximum Gasteiger partial charge on any atom is 0.326 e. The van der Waals surface area contributed by atoms with Crippen molar-refractivity contribution in [3.05, 3.63) is 29.8 Å². The first-order valence-electron chi connectivity index (χ1n) is 5.56. The summed E-state index contributed by atoms with van der Waals surface area (Å²) in [5, 5.41) is 13.1. The third-order valence-electron chi connectivity index (χ3n) is 2.40. The first kappa shape index (κ1) is 14.9. The highest BCUT2D eigenvalue weighted by Crippen LogP contribution is 2.15. The number of carbonyl (C=O) groups is 2. The van der Waals surface area contributed by atoms with E-state index in [1.54, 1.807) is 13.8 Å². The van der Waals surface area contributed by atoms with Crippen molar-refractivity contribution < 1.29 is 23.5 Å². The lowest BCUT2D eigenvalue weighted by Crippen LogP contribution is -2.46. The van der Waals surface area contributed by atoms with E-state index in [0.29, 0.717) is 0 Å². The molecule has 1 aromatic rings. The minimum Gasteiger partial charge on any atom is -0.480 e. The molecule has 1 unspecified atom stereocenters. The predicted octanol–water partition coefficient (Wildman–Crippen LogP) is 2.20. The van der Waals surface area contributed by atoms with E-state index in [0.717, 1.165) is 18.2 Å². The Bertz CT molecular complexity index is 492. The Labute approximate surface area is 108 Å². The van der Waals surface area contributed by atoms with Crippen molar-refractivity contribution in [1.29, 1.82) is 0 Å². The van der Waals surface area contributed by atoms with Crippen LogP contribution in [0.15, 0.2) is 18.2 Å². The minimum absolute atomic E-state index is 0.347. The molecular weight excluding hydrogens is 258 g/mol. The summed E-state index contributed by atoms with van der Waals surface area (Å²) in [5.74, 6) is -3.08. The van der Waals surface area contributed by atoms with Gasteiger partial charge in [-0.25, -0.2) is 18.4 Å². The summed E-state index contributed by atoms with van der Waals surface area (Å²) in [6, 6.07) is 0.552. The predicted molar refractivity (Wildman–Crippen MR) is 64.8 cm³/mol. The molecule has 2 amide bonds. The molecule has 19 heavy (non-hydrogen) atoms. The summed E-state index contributed by atoms with van der Waals surface area (Å²) in [6.45, 7) is 3.23. The molecule has 5 nitrogen and oxygen atoms in total. The number of hydrogen-bond acceptors (Lipinski definition) is 2. The van der Waals surface area contributed by atoms with Crippen LogP contribution in [-0.2, 0) is 4.79 Å². The van der Waals surface area contributed by atoms with Crippen molar-refractivity contribution in [3.8, 4) is 0 Å². The summed E-state index contributed by atoms with van der Waals surface area (Å²) in [7, 11) is 0. The third kappa shape index (κ3) is 4.20. The van der Waals surface area contributed by atoms with E-state index in [4.69, 9.17) is 5.11 Å². The lowest BCUT2D eigenvalue weighted by Gasteiger charge is -2.18. The second-order valence-electron chi connectivity index (χ2n) is 4.28. The SMILES string of the molecule is CC(C)C(NC(=O)Nc1cc(F)ccc1F)C(=O)O. The number of urea groups is 1. The Kier molecular flexibility index (Phi) is 4.80. The zero-order chi connectivity index (χ0) is 14.6. The van der Waals surface area contributed by atoms with Crippen molar-refractivity contribution in [2.75, 3.05) is 5.32 Å². The maximum absolute atomic E-state index is 13.3. The highest BCUT2D eigenvalue weighted by atomic mass is 19.1. The Hall–Kier alpha value is -2.18. The Balaban J connectivity index is 2.74. The summed E-state index contributed by atoms with van der Waals surface area (Å²) in [4.78, 5) is 22.4. The molecule has 1 rings (SSSR count). The molecule has 0 bridgehead atoms. The highest BCUT2D eigenvalue weighted by Gasteiger charge is 2.23. The van der Waals surface area contributed by atoms with Crippen LogP contribution in [-0.4, -0.2) is 23.1 Å². The van der Waals surface area contributed by atoms with Gasteiger partial charge in [-0.15, -0.1) is 0 Å². The van der Waals surface area contributed by atoms with E-state index in [1.165, 1.54) is 0 Å². The monoisotopic (exact) mass is 272 g/mol. The molecule has 0 fully saturated rings. The lowest BCUT2D eigenvalue weighted by atomic mass is 10.1. The number of amides is 2. The van der Waals surface area contributed by atoms with Gasteiger partial charge in [0.1, 0.15) is 17.7 Å². The van der Waals surface area contributed by atoms with Crippen LogP contribution in [0.5, 0.6) is 0 Å². The summed E-state index contributed by atoms with van der Waals surface area (Å²) >= 11 is 0. The maximum atomic E-state index is 13.3. The molecule has 0 saturated heterocycles. The number of halogens is 2. The van der Waals surface area contributed by atoms with E-state index in [9.17, 15) is 18.4 Å². The number of rotatable bonds is 4. The van der Waals surface area contributed by atoms with Crippen LogP contribution < -0.4 is 10.6 Å². The van der Waals surface area contributed by atoms with E-state index in [2.05, 4.69) is 10.6 Å². The smallest absolute Gasteiger partial charge is 0.326 e. The number of nitrogens with one attached hydrogen (secondary N) is 2. The van der Waals surface area contributed by atoms with Gasteiger partial charge < -0.3 is 15.7 Å². The summed E-state index contributed by atoms with van der Waals surface area (Å²) < 4.78 is 26.1. The van der Waals surface area contributed by atoms with Gasteiger partial charge >= 0.3 is 12.0 Å². The number of anilines is 1. The van der Waals surface area contributed by atoms with Gasteiger partial charge in [0.05, 0.1) is 5.69 Å². The quantitative estimate of drug-likeness (QED) is 0.786. The molecule has 0 aliphatic heterocycles. The molecule has 104 valence electrons. The first-order chi connectivity index (χ1) is 8.81. The molecule has 0 aliphatic carbocycles. The molecule has 0 aliphatic rings. The zero-order valence-corrected chi connectivity index (χ0v) is 10.4. The van der Waals surface area contributed by atoms with Crippen LogP contribution in [0.25, 0.3) is 0 Å². The molecule has 0 heterocycles. The molecule has 0 aromatic heterocycles. The van der Waals surface area contributed by atoms with E-state index in [1.807, 2.05) is 0 Å². The van der Waals surface area contributed by atoms with Gasteiger partial charge in [0.15, 0.2) is 0 Å². The molecule has 0 radical (unpaired) electrons. The highest BCUT2D eigenvalue weighted by molar-refractivity contribution is 5.92. The van der Waals surface area contributed by atoms with Crippen molar-refractivity contribution in [2.45, 2.75) is 19.9 Å². The topological polar surface area (TPSA) is 78.4 Å². The van der Waals surface area contributed by atoms with Crippen molar-refractivity contribution in [1.82, 2.24) is 5.32 Å². The molecule has 7 heteroatoms. The number of hydrogen-bond donors (Lipinski definition) is 3. The van der Waals surface area contributed by atoms with Gasteiger partial charge in [-0.1, -0.05) is 13.8 Å². The van der Waals surface area contributed by atoms with E-state index >= 15 is 0 Å². The third-order valence-corrected chi connectivity index (χ3v) is 2.40. The van der Waals surface area contributed by atoms with E-state index in [-0.39, 0.29) is 11.6 Å². The fraction of sp³-hybridized carbons (Fsp3) is 0.333. The van der Waals surface area contributed by atoms with Gasteiger partial charge in [0.2, 0.25) is 0 Å². The summed E-state index contributed by atoms with van der Waals surface area (Å²) in [6.07, 6.45) is 0. The average molecular weight is 272 g/mol. The molecule has 3 N–H and O–H groups in total. The Morgan fingerprint density at radius 1 is 1.26 bits per heavy atom. The first-order valence-corrected chi connectivity index (χ1v) is 5.56. The van der Waals surface area contributed by atoms with Gasteiger partial charge in [0, 0.05) is 6.07 Å². The minimum atomic E-state index is -1.20. The van der Waals surface area contributed by atoms with Crippen LogP contribution >= 0.6 is 0 Å². The molecule has 0 saturated carbocycles. The average Bonchev–Trinajstić information content (AvgIpc) is 2.30. The van der Waals surface area contributed by atoms with Crippen LogP contribution in [0.2, 0.25) is 0 Å². The second-order valence-corrected chi connectivity index (χ2v) is 4.28. The standard InChI is InChI=1S/C12H14F2N2O3/c1-6(2)10(11(17)18)16-12(19)15-9-5-7(13)3-4-8(9)14/h3-6,10H,1-2H3,(H,17,18)(H2,15,16,19). The lowest BCUT2D eigenvalue weighted by molar-refractivity contribution is -0.140. The normalized spacial score (nSPS) is 12.1. The van der Waals surface area contributed by atoms with Gasteiger partial charge in [-0.3, -0.25) is 0 Å². The Morgan fingerprint density at radius 3 is 2.42 bits per heavy atom. The Morgan fingerprint density at radius 2 is 1.89 bits per heavy atom. The van der Waals surface area contributed by atoms with Gasteiger partial charge in [0.25, 0.3) is 0 Å². The van der Waals surface area contributed by atoms with Crippen LogP contribution in [0, 0.1) is 17.6 Å². The van der Waals surface area contributed by atoms with Crippen LogP contribution in [0.4, 0.5) is 19.3 Å². The van der Waals surface area contributed by atoms with Gasteiger partial charge in [-0.05, 0) is 18.1 Å². The number of carbonyl (C=O) groups excluding carboxylic acids is 1. The number of carboxylic acid groups (broad SMARTS) is 1. The number of aliphatic carboxylic acids is 1. The molecule has 0 spiro atoms. The molecular formula is C12H14F2N2O3. The number of carboxylic acids is 1. The van der Waals surface area contributed by atoms with Crippen LogP contribution in [0.1, 0.15) is 13.8 Å². The fourth-order valence-electron chi connectivity index (χ4n) is 1.41. The zero-order valence-electron chi connectivity index (χ0n) is 10.4. The van der Waals surface area contributed by atoms with Crippen molar-refractivity contribution in [2.24, 2.45) is 5.92 Å². The van der Waals surface area contributed by atoms with E-state index < -0.39 is 29.7 Å². The van der Waals surface area contributed by atoms with Crippen molar-refractivity contribution in [3.63, 3.8) is 0 Å². The largest absolute Gasteiger partial charge is 0.480 e. The fourth-order valence-corrected chi connectivity index (χ4v) is 1.41. The van der Waals surface area contributed by atoms with Crippen LogP contribution in [0.3, 0.4) is 0 Å². The van der Waals surface area contributed by atoms with Gasteiger partial charge in [-0.2, -0.15) is 0 Å². The summed E-state index contributed by atoms with van der Waals surface area (Å²) in [5.41, 5.74) is -0.356. The molecule has 1 aromatic carbocycles. The van der Waals surface area contributed by atoms with Crippen molar-refractivity contribution >= 4 is 17.7 Å².